The largest absolute Gasteiger partial charge is 0.395 e. The van der Waals surface area contributed by atoms with Gasteiger partial charge in [0.1, 0.15) is 7.05 Å². The molecule has 2 rings (SSSR count). The van der Waals surface area contributed by atoms with Crippen LogP contribution in [0.4, 0.5) is 13.2 Å². The average Bonchev–Trinajstić information content (AvgIpc) is 2.38. The Morgan fingerprint density at radius 2 is 1.90 bits per heavy atom. The lowest BCUT2D eigenvalue weighted by Crippen LogP contribution is -2.30. The van der Waals surface area contributed by atoms with E-state index < -0.39 is 12.1 Å². The molecule has 0 radical (unpaired) electrons. The number of hydrogen-bond acceptors (Lipinski definition) is 0. The van der Waals surface area contributed by atoms with Crippen molar-refractivity contribution < 1.29 is 19.1 Å². The van der Waals surface area contributed by atoms with Crippen LogP contribution in [0.1, 0.15) is 25.3 Å². The Labute approximate surface area is 118 Å². The predicted molar refractivity (Wildman–Crippen MR) is 72.3 cm³/mol. The maximum atomic E-state index is 12.9. The van der Waals surface area contributed by atoms with Crippen molar-refractivity contribution in [2.45, 2.75) is 25.9 Å². The van der Waals surface area contributed by atoms with Gasteiger partial charge in [-0.05, 0) is 37.1 Å². The Hall–Kier alpha value is -1.84. The summed E-state index contributed by atoms with van der Waals surface area (Å²) in [5.74, 6) is -2.60. The van der Waals surface area contributed by atoms with Gasteiger partial charge >= 0.3 is 6.18 Å². The van der Waals surface area contributed by atoms with Crippen molar-refractivity contribution in [2.75, 3.05) is 0 Å². The second-order valence-electron chi connectivity index (χ2n) is 4.85. The molecule has 106 valence electrons. The first kappa shape index (κ1) is 13.2. The van der Waals surface area contributed by atoms with Crippen molar-refractivity contribution in [3.8, 4) is 11.3 Å². The zero-order valence-corrected chi connectivity index (χ0v) is 11.6. The molecule has 4 heteroatoms. The van der Waals surface area contributed by atoms with Gasteiger partial charge in [0.25, 0.3) is 0 Å². The minimum atomic E-state index is -4.60. The van der Waals surface area contributed by atoms with E-state index in [4.69, 9.17) is 1.37 Å². The minimum absolute atomic E-state index is 0.0464. The molecular weight excluding hydrogens is 263 g/mol. The van der Waals surface area contributed by atoms with E-state index in [9.17, 15) is 13.2 Å². The fourth-order valence-corrected chi connectivity index (χ4v) is 2.15. The van der Waals surface area contributed by atoms with E-state index in [2.05, 4.69) is 0 Å². The Balaban J connectivity index is 2.51. The number of rotatable bonds is 2. The van der Waals surface area contributed by atoms with Crippen LogP contribution < -0.4 is 4.57 Å². The minimum Gasteiger partial charge on any atom is -0.201 e. The molecule has 0 fully saturated rings. The molecule has 0 saturated carbocycles. The van der Waals surface area contributed by atoms with Crippen molar-refractivity contribution in [1.82, 2.24) is 0 Å². The summed E-state index contributed by atoms with van der Waals surface area (Å²) >= 11 is 0. The van der Waals surface area contributed by atoms with Crippen molar-refractivity contribution in [3.63, 3.8) is 0 Å². The van der Waals surface area contributed by atoms with E-state index in [1.54, 1.807) is 13.0 Å². The van der Waals surface area contributed by atoms with Crippen LogP contribution in [0.5, 0.6) is 0 Å². The smallest absolute Gasteiger partial charge is 0.201 e. The van der Waals surface area contributed by atoms with Crippen molar-refractivity contribution >= 4 is 0 Å². The van der Waals surface area contributed by atoms with Gasteiger partial charge in [0.15, 0.2) is 6.20 Å². The van der Waals surface area contributed by atoms with Gasteiger partial charge in [-0.3, -0.25) is 0 Å². The second-order valence-corrected chi connectivity index (χ2v) is 4.85. The summed E-state index contributed by atoms with van der Waals surface area (Å²) in [6.07, 6.45) is -2.72. The van der Waals surface area contributed by atoms with E-state index in [0.29, 0.717) is 0 Å². The molecule has 0 spiro atoms. The maximum Gasteiger partial charge on any atom is 0.395 e. The van der Waals surface area contributed by atoms with Crippen LogP contribution in [0.25, 0.3) is 11.3 Å². The summed E-state index contributed by atoms with van der Waals surface area (Å²) in [6.45, 7) is 2.64. The summed E-state index contributed by atoms with van der Waals surface area (Å²) in [6, 6.07) is 10.2. The number of pyridine rings is 1. The predicted octanol–water partition coefficient (Wildman–Crippen LogP) is 4.15. The first-order valence-electron chi connectivity index (χ1n) is 6.77. The normalized spacial score (nSPS) is 15.6. The lowest BCUT2D eigenvalue weighted by atomic mass is 9.95. The Kier molecular flexibility index (Phi) is 3.47. The van der Waals surface area contributed by atoms with Crippen LogP contribution >= 0.6 is 0 Å². The summed E-state index contributed by atoms with van der Waals surface area (Å²) in [5, 5.41) is 0. The van der Waals surface area contributed by atoms with Crippen LogP contribution in [-0.2, 0) is 7.05 Å². The Morgan fingerprint density at radius 3 is 2.45 bits per heavy atom. The molecule has 1 aromatic carbocycles. The fourth-order valence-electron chi connectivity index (χ4n) is 2.15. The quantitative estimate of drug-likeness (QED) is 0.728. The van der Waals surface area contributed by atoms with Crippen molar-refractivity contribution in [1.29, 1.82) is 0 Å². The SMILES string of the molecule is [2H]C(C)(c1ccc(-c2cccc[n+]2C)c(C)c1)C(F)(F)F. The molecular formula is C16H17F3N+. The third kappa shape index (κ3) is 2.84. The number of nitrogens with zero attached hydrogens (tertiary/aromatic N) is 1. The van der Waals surface area contributed by atoms with Gasteiger partial charge < -0.3 is 0 Å². The lowest BCUT2D eigenvalue weighted by Gasteiger charge is -2.17. The van der Waals surface area contributed by atoms with Crippen LogP contribution in [-0.4, -0.2) is 6.18 Å². The van der Waals surface area contributed by atoms with Gasteiger partial charge in [-0.15, -0.1) is 0 Å². The van der Waals surface area contributed by atoms with Crippen molar-refractivity contribution in [3.05, 3.63) is 53.7 Å². The Bertz CT molecular complexity index is 663. The second kappa shape index (κ2) is 5.27. The number of aromatic nitrogens is 1. The molecule has 1 nitrogen and oxygen atoms in total. The van der Waals surface area contributed by atoms with Crippen LogP contribution in [0.15, 0.2) is 42.6 Å². The monoisotopic (exact) mass is 281 g/mol. The standard InChI is InChI=1S/C16H17F3N/c1-11-10-13(12(2)16(17,18)19)7-8-14(11)15-6-4-5-9-20(15)3/h4-10,12H,1-3H3/q+1/i12D. The van der Waals surface area contributed by atoms with E-state index in [1.807, 2.05) is 36.0 Å². The lowest BCUT2D eigenvalue weighted by molar-refractivity contribution is -0.660. The summed E-state index contributed by atoms with van der Waals surface area (Å²) in [4.78, 5) is 0. The topological polar surface area (TPSA) is 3.88 Å². The molecule has 0 aliphatic rings. The van der Waals surface area contributed by atoms with Gasteiger partial charge in [-0.1, -0.05) is 12.1 Å². The van der Waals surface area contributed by atoms with Crippen LogP contribution in [0, 0.1) is 6.92 Å². The van der Waals surface area contributed by atoms with Gasteiger partial charge in [-0.25, -0.2) is 4.57 Å². The van der Waals surface area contributed by atoms with Gasteiger partial charge in [0.05, 0.1) is 5.89 Å². The number of hydrogen-bond donors (Lipinski definition) is 0. The highest BCUT2D eigenvalue weighted by molar-refractivity contribution is 5.61. The van der Waals surface area contributed by atoms with Crippen molar-refractivity contribution in [2.24, 2.45) is 7.05 Å². The molecule has 2 aromatic rings. The van der Waals surface area contributed by atoms with E-state index in [-0.39, 0.29) is 5.56 Å². The third-order valence-corrected chi connectivity index (χ3v) is 3.42. The summed E-state index contributed by atoms with van der Waals surface area (Å²) in [7, 11) is 1.88. The average molecular weight is 281 g/mol. The van der Waals surface area contributed by atoms with Gasteiger partial charge in [0.2, 0.25) is 5.69 Å². The third-order valence-electron chi connectivity index (χ3n) is 3.42. The fraction of sp³-hybridized carbons (Fsp3) is 0.312. The number of halogens is 3. The zero-order valence-electron chi connectivity index (χ0n) is 12.6. The molecule has 0 saturated heterocycles. The zero-order chi connectivity index (χ0) is 15.8. The molecule has 0 amide bonds. The van der Waals surface area contributed by atoms with E-state index in [0.717, 1.165) is 23.7 Å². The van der Waals surface area contributed by atoms with E-state index >= 15 is 0 Å². The number of alkyl halides is 3. The van der Waals surface area contributed by atoms with Crippen LogP contribution in [0.3, 0.4) is 0 Å². The summed E-state index contributed by atoms with van der Waals surface area (Å²) in [5.41, 5.74) is 2.45. The molecule has 20 heavy (non-hydrogen) atoms. The highest BCUT2D eigenvalue weighted by Gasteiger charge is 2.37. The molecule has 0 N–H and O–H groups in total. The first-order valence-corrected chi connectivity index (χ1v) is 6.27. The molecule has 1 unspecified atom stereocenters. The molecule has 1 aromatic heterocycles. The molecule has 0 aliphatic carbocycles. The number of benzene rings is 1. The number of aryl methyl sites for hydroxylation is 2. The molecule has 0 aliphatic heterocycles. The first-order chi connectivity index (χ1) is 9.64. The molecule has 1 heterocycles. The molecule has 0 bridgehead atoms. The highest BCUT2D eigenvalue weighted by atomic mass is 19.4. The van der Waals surface area contributed by atoms with Crippen LogP contribution in [0.2, 0.25) is 0 Å². The highest BCUT2D eigenvalue weighted by Crippen LogP contribution is 2.35. The maximum absolute atomic E-state index is 12.9. The van der Waals surface area contributed by atoms with E-state index in [1.165, 1.54) is 12.1 Å². The Morgan fingerprint density at radius 1 is 1.20 bits per heavy atom. The summed E-state index contributed by atoms with van der Waals surface area (Å²) < 4.78 is 48.4. The molecule has 1 atom stereocenters. The van der Waals surface area contributed by atoms with Gasteiger partial charge in [0, 0.05) is 19.1 Å². The van der Waals surface area contributed by atoms with Gasteiger partial charge in [-0.2, -0.15) is 13.2 Å².